The van der Waals surface area contributed by atoms with Crippen LogP contribution in [0.1, 0.15) is 51.6 Å². The summed E-state index contributed by atoms with van der Waals surface area (Å²) in [7, 11) is 1.90. The Kier molecular flexibility index (Phi) is 6.38. The second kappa shape index (κ2) is 9.98. The molecular weight excluding hydrogens is 460 g/mol. The summed E-state index contributed by atoms with van der Waals surface area (Å²) in [4.78, 5) is 23.3. The molecule has 0 spiro atoms. The number of piperazine rings is 1. The lowest BCUT2D eigenvalue weighted by Gasteiger charge is -2.36. The molecular formula is C30H34N6O. The first-order chi connectivity index (χ1) is 18.1. The highest BCUT2D eigenvalue weighted by Gasteiger charge is 2.28. The summed E-state index contributed by atoms with van der Waals surface area (Å²) in [6, 6.07) is 21.1. The first-order valence-electron chi connectivity index (χ1n) is 13.3. The van der Waals surface area contributed by atoms with Crippen molar-refractivity contribution in [3.8, 4) is 0 Å². The van der Waals surface area contributed by atoms with Crippen LogP contribution >= 0.6 is 0 Å². The second-order valence-electron chi connectivity index (χ2n) is 10.3. The number of aryl methyl sites for hydroxylation is 2. The Balaban J connectivity index is 1.14. The Labute approximate surface area is 218 Å². The van der Waals surface area contributed by atoms with Crippen molar-refractivity contribution in [2.24, 2.45) is 7.05 Å². The van der Waals surface area contributed by atoms with E-state index < -0.39 is 0 Å². The predicted octanol–water partition coefficient (Wildman–Crippen LogP) is 4.41. The molecule has 7 heteroatoms. The number of aromatic nitrogens is 3. The zero-order valence-electron chi connectivity index (χ0n) is 21.7. The molecule has 1 aliphatic heterocycles. The van der Waals surface area contributed by atoms with Crippen LogP contribution in [0.2, 0.25) is 0 Å². The topological polar surface area (TPSA) is 66.3 Å². The van der Waals surface area contributed by atoms with E-state index in [1.807, 2.05) is 20.0 Å². The zero-order chi connectivity index (χ0) is 25.4. The lowest BCUT2D eigenvalue weighted by atomic mass is 10.0. The fourth-order valence-corrected chi connectivity index (χ4v) is 5.43. The molecule has 2 fully saturated rings. The van der Waals surface area contributed by atoms with Gasteiger partial charge < -0.3 is 10.2 Å². The van der Waals surface area contributed by atoms with Crippen molar-refractivity contribution in [2.75, 3.05) is 31.1 Å². The monoisotopic (exact) mass is 494 g/mol. The summed E-state index contributed by atoms with van der Waals surface area (Å²) in [5.74, 6) is 0.408. The van der Waals surface area contributed by atoms with Gasteiger partial charge in [-0.25, -0.2) is 4.98 Å². The van der Waals surface area contributed by atoms with E-state index in [1.54, 1.807) is 4.68 Å². The first kappa shape index (κ1) is 23.7. The molecule has 7 nitrogen and oxygen atoms in total. The fraction of sp³-hybridized carbons (Fsp3) is 0.367. The molecule has 1 saturated heterocycles. The van der Waals surface area contributed by atoms with Gasteiger partial charge in [-0.05, 0) is 49.1 Å². The number of para-hydroxylation sites is 1. The highest BCUT2D eigenvalue weighted by Crippen LogP contribution is 2.40. The Morgan fingerprint density at radius 2 is 1.68 bits per heavy atom. The number of anilines is 1. The Morgan fingerprint density at radius 1 is 0.973 bits per heavy atom. The molecule has 2 aromatic heterocycles. The summed E-state index contributed by atoms with van der Waals surface area (Å²) >= 11 is 0. The summed E-state index contributed by atoms with van der Waals surface area (Å²) in [5.41, 5.74) is 7.06. The largest absolute Gasteiger partial charge is 0.369 e. The first-order valence-corrected chi connectivity index (χ1v) is 13.3. The lowest BCUT2D eigenvalue weighted by Crippen LogP contribution is -2.46. The van der Waals surface area contributed by atoms with Crippen molar-refractivity contribution in [1.29, 1.82) is 0 Å². The van der Waals surface area contributed by atoms with Gasteiger partial charge in [-0.2, -0.15) is 5.10 Å². The third-order valence-corrected chi connectivity index (χ3v) is 7.67. The number of fused-ring (bicyclic) bond motifs is 1. The maximum atomic E-state index is 13.5. The van der Waals surface area contributed by atoms with Crippen molar-refractivity contribution in [1.82, 2.24) is 25.0 Å². The second-order valence-corrected chi connectivity index (χ2v) is 10.3. The lowest BCUT2D eigenvalue weighted by molar-refractivity contribution is 0.0952. The summed E-state index contributed by atoms with van der Waals surface area (Å²) < 4.78 is 1.79. The Bertz CT molecular complexity index is 1420. The molecule has 2 aromatic carbocycles. The molecule has 1 aliphatic carbocycles. The minimum absolute atomic E-state index is 0.0586. The van der Waals surface area contributed by atoms with Crippen LogP contribution in [0.4, 0.5) is 5.69 Å². The molecule has 1 amide bonds. The number of hydrogen-bond acceptors (Lipinski definition) is 5. The Hall–Kier alpha value is -3.71. The van der Waals surface area contributed by atoms with Gasteiger partial charge in [-0.1, -0.05) is 42.5 Å². The third-order valence-electron chi connectivity index (χ3n) is 7.67. The standard InChI is InChI=1S/C30H34N6O/c1-21-28-26(18-27(22-12-13-22)32-29(28)34(2)33-21)30(37)31-19-23-8-6-7-9-24(23)20-35-14-16-36(17-15-35)25-10-4-3-5-11-25/h3-11,18,22H,12-17,19-20H2,1-2H3,(H,31,37). The van der Waals surface area contributed by atoms with Crippen LogP contribution in [0.5, 0.6) is 0 Å². The maximum absolute atomic E-state index is 13.5. The number of carbonyl (C=O) groups excluding carboxylic acids is 1. The van der Waals surface area contributed by atoms with Crippen LogP contribution in [0.25, 0.3) is 11.0 Å². The number of pyridine rings is 1. The number of hydrogen-bond donors (Lipinski definition) is 1. The van der Waals surface area contributed by atoms with Crippen molar-refractivity contribution in [3.63, 3.8) is 0 Å². The van der Waals surface area contributed by atoms with E-state index in [4.69, 9.17) is 4.98 Å². The molecule has 0 radical (unpaired) electrons. The number of nitrogens with one attached hydrogen (secondary N) is 1. The molecule has 1 saturated carbocycles. The van der Waals surface area contributed by atoms with Crippen molar-refractivity contribution >= 4 is 22.6 Å². The minimum Gasteiger partial charge on any atom is -0.369 e. The average molecular weight is 495 g/mol. The van der Waals surface area contributed by atoms with Gasteiger partial charge in [0.2, 0.25) is 0 Å². The van der Waals surface area contributed by atoms with Gasteiger partial charge in [0.05, 0.1) is 16.6 Å². The molecule has 0 bridgehead atoms. The molecule has 190 valence electrons. The van der Waals surface area contributed by atoms with Crippen LogP contribution in [0, 0.1) is 6.92 Å². The van der Waals surface area contributed by atoms with Crippen molar-refractivity contribution in [2.45, 2.75) is 38.8 Å². The van der Waals surface area contributed by atoms with Gasteiger partial charge >= 0.3 is 0 Å². The van der Waals surface area contributed by atoms with E-state index >= 15 is 0 Å². The van der Waals surface area contributed by atoms with Gasteiger partial charge in [-0.15, -0.1) is 0 Å². The van der Waals surface area contributed by atoms with Crippen molar-refractivity contribution in [3.05, 3.63) is 88.7 Å². The van der Waals surface area contributed by atoms with Gasteiger partial charge in [0.25, 0.3) is 5.91 Å². The third kappa shape index (κ3) is 4.96. The smallest absolute Gasteiger partial charge is 0.252 e. The van der Waals surface area contributed by atoms with Crippen LogP contribution in [0.15, 0.2) is 60.7 Å². The van der Waals surface area contributed by atoms with E-state index in [1.165, 1.54) is 11.3 Å². The van der Waals surface area contributed by atoms with Crippen LogP contribution < -0.4 is 10.2 Å². The number of amides is 1. The normalized spacial score (nSPS) is 16.3. The summed E-state index contributed by atoms with van der Waals surface area (Å²) in [6.45, 7) is 7.43. The van der Waals surface area contributed by atoms with E-state index in [-0.39, 0.29) is 5.91 Å². The van der Waals surface area contributed by atoms with E-state index in [0.717, 1.165) is 73.6 Å². The van der Waals surface area contributed by atoms with Crippen molar-refractivity contribution < 1.29 is 4.79 Å². The Morgan fingerprint density at radius 3 is 2.41 bits per heavy atom. The van der Waals surface area contributed by atoms with Crippen LogP contribution in [-0.4, -0.2) is 51.8 Å². The molecule has 37 heavy (non-hydrogen) atoms. The fourth-order valence-electron chi connectivity index (χ4n) is 5.43. The SMILES string of the molecule is Cc1nn(C)c2nc(C3CC3)cc(C(=O)NCc3ccccc3CN3CCN(c4ccccc4)CC3)c12. The molecule has 1 N–H and O–H groups in total. The molecule has 6 rings (SSSR count). The maximum Gasteiger partial charge on any atom is 0.252 e. The number of benzene rings is 2. The highest BCUT2D eigenvalue weighted by atomic mass is 16.1. The van der Waals surface area contributed by atoms with E-state index in [0.29, 0.717) is 18.0 Å². The van der Waals surface area contributed by atoms with Crippen LogP contribution in [0.3, 0.4) is 0 Å². The van der Waals surface area contributed by atoms with Gasteiger partial charge in [0, 0.05) is 63.6 Å². The van der Waals surface area contributed by atoms with E-state index in [9.17, 15) is 4.79 Å². The molecule has 3 heterocycles. The quantitative estimate of drug-likeness (QED) is 0.412. The summed E-state index contributed by atoms with van der Waals surface area (Å²) in [5, 5.41) is 8.60. The minimum atomic E-state index is -0.0586. The predicted molar refractivity (Wildman–Crippen MR) is 147 cm³/mol. The molecule has 2 aliphatic rings. The number of nitrogens with zero attached hydrogens (tertiary/aromatic N) is 5. The zero-order valence-corrected chi connectivity index (χ0v) is 21.7. The number of carbonyl (C=O) groups is 1. The number of rotatable bonds is 7. The summed E-state index contributed by atoms with van der Waals surface area (Å²) in [6.07, 6.45) is 2.28. The molecule has 0 unspecified atom stereocenters. The van der Waals surface area contributed by atoms with E-state index in [2.05, 4.69) is 74.8 Å². The van der Waals surface area contributed by atoms with Gasteiger partial charge in [0.1, 0.15) is 0 Å². The molecule has 0 atom stereocenters. The average Bonchev–Trinajstić information content (AvgIpc) is 3.74. The highest BCUT2D eigenvalue weighted by molar-refractivity contribution is 6.06. The van der Waals surface area contributed by atoms with Gasteiger partial charge in [-0.3, -0.25) is 14.4 Å². The van der Waals surface area contributed by atoms with Gasteiger partial charge in [0.15, 0.2) is 5.65 Å². The van der Waals surface area contributed by atoms with Crippen LogP contribution in [-0.2, 0) is 20.1 Å². The molecule has 4 aromatic rings.